The van der Waals surface area contributed by atoms with Crippen molar-refractivity contribution in [2.24, 2.45) is 0 Å². The van der Waals surface area contributed by atoms with Crippen LogP contribution < -0.4 is 0 Å². The molecule has 1 aliphatic heterocycles. The molecule has 0 saturated heterocycles. The first-order valence-electron chi connectivity index (χ1n) is 7.23. The van der Waals surface area contributed by atoms with Crippen molar-refractivity contribution in [1.29, 1.82) is 0 Å². The van der Waals surface area contributed by atoms with Gasteiger partial charge in [-0.1, -0.05) is 23.7 Å². The van der Waals surface area contributed by atoms with Gasteiger partial charge in [0.2, 0.25) is 9.84 Å². The largest absolute Gasteiger partial charge is 0.267 e. The van der Waals surface area contributed by atoms with Gasteiger partial charge in [0.05, 0.1) is 11.1 Å². The first kappa shape index (κ1) is 15.9. The topological polar surface area (TPSA) is 64.8 Å². The number of fused-ring (bicyclic) bond motifs is 1. The Hall–Kier alpha value is -1.61. The van der Waals surface area contributed by atoms with Crippen LogP contribution in [0.1, 0.15) is 36.4 Å². The number of alkyl halides is 2. The molecule has 2 aromatic rings. The molecule has 5 nitrogen and oxygen atoms in total. The second-order valence-corrected chi connectivity index (χ2v) is 8.36. The summed E-state index contributed by atoms with van der Waals surface area (Å²) >= 11 is 5.75. The summed E-state index contributed by atoms with van der Waals surface area (Å²) in [5.74, 6) is -0.913. The Morgan fingerprint density at radius 3 is 2.62 bits per heavy atom. The monoisotopic (exact) mass is 377 g/mol. The molecular weight excluding hydrogens is 367 g/mol. The van der Waals surface area contributed by atoms with Gasteiger partial charge >= 0.3 is 0 Å². The van der Waals surface area contributed by atoms with Gasteiger partial charge in [-0.25, -0.2) is 26.3 Å². The van der Waals surface area contributed by atoms with Crippen LogP contribution in [-0.4, -0.2) is 34.6 Å². The second-order valence-electron chi connectivity index (χ2n) is 5.89. The molecule has 1 fully saturated rings. The Labute approximate surface area is 140 Å². The predicted octanol–water partition coefficient (Wildman–Crippen LogP) is 2.96. The van der Waals surface area contributed by atoms with E-state index in [9.17, 15) is 21.6 Å². The van der Waals surface area contributed by atoms with Gasteiger partial charge in [0, 0.05) is 12.0 Å². The molecule has 4 atom stereocenters. The average molecular weight is 378 g/mol. The lowest BCUT2D eigenvalue weighted by molar-refractivity contribution is 0.325. The third kappa shape index (κ3) is 2.25. The summed E-state index contributed by atoms with van der Waals surface area (Å²) in [6, 6.07) is 3.44. The molecule has 1 aliphatic carbocycles. The Bertz CT molecular complexity index is 933. The van der Waals surface area contributed by atoms with E-state index in [1.807, 2.05) is 0 Å². The summed E-state index contributed by atoms with van der Waals surface area (Å²) in [7, 11) is -4.04. The first-order valence-corrected chi connectivity index (χ1v) is 9.15. The summed E-state index contributed by atoms with van der Waals surface area (Å²) < 4.78 is 67.0. The third-order valence-electron chi connectivity index (χ3n) is 4.30. The van der Waals surface area contributed by atoms with E-state index >= 15 is 0 Å². The van der Waals surface area contributed by atoms with Crippen molar-refractivity contribution in [1.82, 2.24) is 14.8 Å². The van der Waals surface area contributed by atoms with Crippen LogP contribution in [0.15, 0.2) is 23.4 Å². The Balaban J connectivity index is 1.78. The van der Waals surface area contributed by atoms with E-state index in [-0.39, 0.29) is 29.3 Å². The number of benzene rings is 1. The van der Waals surface area contributed by atoms with Gasteiger partial charge in [-0.15, -0.1) is 5.10 Å². The predicted molar refractivity (Wildman–Crippen MR) is 78.5 cm³/mol. The Kier molecular flexibility index (Phi) is 3.44. The fourth-order valence-electron chi connectivity index (χ4n) is 2.92. The highest BCUT2D eigenvalue weighted by molar-refractivity contribution is 7.92. The molecule has 0 amide bonds. The molecule has 2 heterocycles. The highest BCUT2D eigenvalue weighted by Crippen LogP contribution is 2.43. The maximum absolute atomic E-state index is 14.2. The number of nitrogens with zero attached hydrogens (tertiary/aromatic N) is 3. The number of hydrogen-bond donors (Lipinski definition) is 0. The normalized spacial score (nSPS) is 28.8. The van der Waals surface area contributed by atoms with E-state index in [2.05, 4.69) is 10.1 Å². The van der Waals surface area contributed by atoms with Crippen LogP contribution in [0.4, 0.5) is 13.2 Å². The van der Waals surface area contributed by atoms with Crippen LogP contribution in [-0.2, 0) is 9.84 Å². The van der Waals surface area contributed by atoms with E-state index in [0.29, 0.717) is 0 Å². The van der Waals surface area contributed by atoms with Gasteiger partial charge in [-0.2, -0.15) is 4.98 Å². The van der Waals surface area contributed by atoms with E-state index in [4.69, 9.17) is 11.6 Å². The van der Waals surface area contributed by atoms with Crippen molar-refractivity contribution in [3.05, 3.63) is 40.4 Å². The van der Waals surface area contributed by atoms with Crippen molar-refractivity contribution in [2.75, 3.05) is 0 Å². The molecule has 0 N–H and O–H groups in total. The molecule has 1 aromatic heterocycles. The number of hydrogen-bond acceptors (Lipinski definition) is 4. The zero-order valence-electron chi connectivity index (χ0n) is 12.0. The van der Waals surface area contributed by atoms with Crippen LogP contribution in [0.2, 0.25) is 5.02 Å². The third-order valence-corrected chi connectivity index (χ3v) is 6.55. The minimum absolute atomic E-state index is 0.104. The van der Waals surface area contributed by atoms with Crippen molar-refractivity contribution >= 4 is 21.4 Å². The van der Waals surface area contributed by atoms with E-state index in [0.717, 1.165) is 4.68 Å². The zero-order chi connectivity index (χ0) is 17.2. The van der Waals surface area contributed by atoms with Crippen LogP contribution in [0.3, 0.4) is 0 Å². The number of aromatic nitrogens is 3. The van der Waals surface area contributed by atoms with Crippen LogP contribution in [0, 0.1) is 5.82 Å². The molecule has 0 bridgehead atoms. The number of halogens is 4. The van der Waals surface area contributed by atoms with Gasteiger partial charge < -0.3 is 0 Å². The molecular formula is C14H11ClF3N3O2S. The Morgan fingerprint density at radius 2 is 1.96 bits per heavy atom. The molecule has 0 unspecified atom stereocenters. The maximum atomic E-state index is 14.2. The lowest BCUT2D eigenvalue weighted by atomic mass is 10.0. The molecule has 24 heavy (non-hydrogen) atoms. The molecule has 0 spiro atoms. The summed E-state index contributed by atoms with van der Waals surface area (Å²) in [6.45, 7) is 0. The van der Waals surface area contributed by atoms with Crippen molar-refractivity contribution in [3.63, 3.8) is 0 Å². The molecule has 0 radical (unpaired) electrons. The molecule has 1 saturated carbocycles. The second kappa shape index (κ2) is 5.19. The quantitative estimate of drug-likeness (QED) is 0.825. The van der Waals surface area contributed by atoms with E-state index < -0.39 is 44.4 Å². The van der Waals surface area contributed by atoms with Gasteiger partial charge in [0.1, 0.15) is 17.2 Å². The minimum Gasteiger partial charge on any atom is -0.246 e. The Morgan fingerprint density at radius 1 is 1.25 bits per heavy atom. The van der Waals surface area contributed by atoms with Gasteiger partial charge in [0.25, 0.3) is 5.16 Å². The minimum atomic E-state index is -4.04. The fraction of sp³-hybridized carbons (Fsp3) is 0.429. The molecule has 128 valence electrons. The maximum Gasteiger partial charge on any atom is 0.267 e. The molecule has 4 rings (SSSR count). The van der Waals surface area contributed by atoms with Crippen molar-refractivity contribution < 1.29 is 21.6 Å². The van der Waals surface area contributed by atoms with Gasteiger partial charge in [-0.3, -0.25) is 0 Å². The lowest BCUT2D eigenvalue weighted by Gasteiger charge is -2.13. The van der Waals surface area contributed by atoms with Gasteiger partial charge in [-0.05, 0) is 12.5 Å². The van der Waals surface area contributed by atoms with E-state index in [1.54, 1.807) is 0 Å². The zero-order valence-corrected chi connectivity index (χ0v) is 13.6. The highest BCUT2D eigenvalue weighted by Gasteiger charge is 2.51. The molecule has 2 aliphatic rings. The van der Waals surface area contributed by atoms with Crippen molar-refractivity contribution in [2.45, 2.75) is 41.6 Å². The van der Waals surface area contributed by atoms with Crippen LogP contribution in [0.25, 0.3) is 0 Å². The smallest absolute Gasteiger partial charge is 0.246 e. The average Bonchev–Trinajstić information content (AvgIpc) is 2.99. The van der Waals surface area contributed by atoms with Crippen LogP contribution in [0.5, 0.6) is 0 Å². The fourth-order valence-corrected chi connectivity index (χ4v) is 4.62. The highest BCUT2D eigenvalue weighted by atomic mass is 35.5. The summed E-state index contributed by atoms with van der Waals surface area (Å²) in [6.07, 6.45) is -3.28. The van der Waals surface area contributed by atoms with Gasteiger partial charge in [0.15, 0.2) is 12.0 Å². The summed E-state index contributed by atoms with van der Waals surface area (Å²) in [4.78, 5) is 3.73. The number of sulfone groups is 1. The standard InChI is InChI=1S/C14H11ClF3N3O2S/c15-7-3-1-2-6(12(7)18)10-4-9(17)13-19-14(20-21(10)13)24(22,23)11-5-8(11)16/h1-3,8-11H,4-5H2/t8-,9+,10+,11-/m1/s1. The number of rotatable bonds is 3. The SMILES string of the molecule is O=S(=O)(c1nc2n(n1)[C@H](c1cccc(Cl)c1F)C[C@@H]2F)[C@@H]1C[C@H]1F. The summed E-state index contributed by atoms with van der Waals surface area (Å²) in [5.41, 5.74) is 0.104. The lowest BCUT2D eigenvalue weighted by Crippen LogP contribution is -2.14. The molecule has 10 heteroatoms. The van der Waals surface area contributed by atoms with Crippen LogP contribution >= 0.6 is 11.6 Å². The first-order chi connectivity index (χ1) is 11.3. The van der Waals surface area contributed by atoms with Crippen molar-refractivity contribution in [3.8, 4) is 0 Å². The van der Waals surface area contributed by atoms with E-state index in [1.165, 1.54) is 18.2 Å². The summed E-state index contributed by atoms with van der Waals surface area (Å²) in [5, 5.41) is 1.92. The molecule has 1 aromatic carbocycles.